The summed E-state index contributed by atoms with van der Waals surface area (Å²) in [5.74, 6) is -1.71. The largest absolute Gasteiger partial charge is 0.769 e. The number of halogens is 3. The van der Waals surface area contributed by atoms with Crippen molar-refractivity contribution in [3.05, 3.63) is 81.8 Å². The number of benzodiazepines with no additional fused rings is 1. The lowest BCUT2D eigenvalue weighted by molar-refractivity contribution is -0.137. The Morgan fingerprint density at radius 2 is 1.90 bits per heavy atom. The number of hydrogen-bond acceptors (Lipinski definition) is 8. The summed E-state index contributed by atoms with van der Waals surface area (Å²) in [5, 5.41) is 24.8. The monoisotopic (exact) mass is 570 g/mol. The minimum Gasteiger partial charge on any atom is -0.769 e. The molecule has 2 aliphatic rings. The predicted octanol–water partition coefficient (Wildman–Crippen LogP) is 3.95. The van der Waals surface area contributed by atoms with E-state index in [-0.39, 0.29) is 16.3 Å². The van der Waals surface area contributed by atoms with Crippen molar-refractivity contribution in [3.63, 3.8) is 0 Å². The van der Waals surface area contributed by atoms with Crippen molar-refractivity contribution < 1.29 is 27.8 Å². The predicted molar refractivity (Wildman–Crippen MR) is 146 cm³/mol. The number of hydrogen-bond donors (Lipinski definition) is 4. The Morgan fingerprint density at radius 1 is 1.18 bits per heavy atom. The molecule has 0 unspecified atom stereocenters. The van der Waals surface area contributed by atoms with Gasteiger partial charge in [0.1, 0.15) is 10.7 Å². The van der Waals surface area contributed by atoms with E-state index in [1.54, 1.807) is 24.3 Å². The fourth-order valence-electron chi connectivity index (χ4n) is 4.42. The molecule has 2 heterocycles. The minimum atomic E-state index is -4.79. The van der Waals surface area contributed by atoms with Crippen molar-refractivity contribution in [1.82, 2.24) is 4.98 Å². The molecule has 0 spiro atoms. The van der Waals surface area contributed by atoms with Gasteiger partial charge in [0.05, 0.1) is 23.5 Å². The van der Waals surface area contributed by atoms with E-state index in [9.17, 15) is 28.5 Å². The summed E-state index contributed by atoms with van der Waals surface area (Å²) in [7, 11) is 0. The van der Waals surface area contributed by atoms with Crippen LogP contribution in [0.4, 0.5) is 23.9 Å². The number of aromatic nitrogens is 1. The van der Waals surface area contributed by atoms with Gasteiger partial charge in [0, 0.05) is 17.0 Å². The Bertz CT molecular complexity index is 1490. The van der Waals surface area contributed by atoms with E-state index in [0.717, 1.165) is 0 Å². The molecule has 208 valence electrons. The highest BCUT2D eigenvalue weighted by atomic mass is 32.1. The molecule has 1 aromatic heterocycles. The summed E-state index contributed by atoms with van der Waals surface area (Å²) in [4.78, 5) is 24.9. The van der Waals surface area contributed by atoms with E-state index in [1.165, 1.54) is 0 Å². The number of amides is 1. The standard InChI is InChI=1S/C26H23F3N7O3S/c27-26(28,29)24-35-19(23(40-24)33-16-11-6-12-17(16)37)20(30)39-25(31)36-21-22(38)32-15-10-5-4-9-14(15)18(34-21)13-7-2-1-3-8-13/h1-5,7-10,16-17,21,33,37H,6,11-12H2,(H2,31,36)(H,32,38)/q-1/t16-,17+,21-/m1/s1. The van der Waals surface area contributed by atoms with Crippen LogP contribution in [0.1, 0.15) is 41.1 Å². The van der Waals surface area contributed by atoms with Crippen LogP contribution in [-0.4, -0.2) is 51.9 Å². The fraction of sp³-hybridized carbons (Fsp3) is 0.269. The van der Waals surface area contributed by atoms with E-state index >= 15 is 0 Å². The second-order valence-electron chi connectivity index (χ2n) is 9.07. The molecular formula is C26H23F3N7O3S-. The molecule has 0 radical (unpaired) electrons. The number of rotatable bonds is 5. The van der Waals surface area contributed by atoms with Crippen LogP contribution in [0.15, 0.2) is 64.6 Å². The molecule has 2 aromatic carbocycles. The number of thiazole rings is 1. The number of aliphatic hydroxyl groups is 1. The highest BCUT2D eigenvalue weighted by molar-refractivity contribution is 7.16. The van der Waals surface area contributed by atoms with E-state index < -0.39 is 53.0 Å². The summed E-state index contributed by atoms with van der Waals surface area (Å²) in [5.41, 5.74) is 7.59. The van der Waals surface area contributed by atoms with Crippen molar-refractivity contribution >= 4 is 45.6 Å². The van der Waals surface area contributed by atoms with E-state index in [4.69, 9.17) is 10.5 Å². The number of nitrogens with one attached hydrogen (secondary N) is 2. The van der Waals surface area contributed by atoms with E-state index in [0.29, 0.717) is 41.8 Å². The maximum Gasteiger partial charge on any atom is 0.443 e. The molecule has 3 atom stereocenters. The van der Waals surface area contributed by atoms with Crippen LogP contribution in [0.2, 0.25) is 0 Å². The van der Waals surface area contributed by atoms with Crippen LogP contribution in [0, 0.1) is 0 Å². The summed E-state index contributed by atoms with van der Waals surface area (Å²) >= 11 is 0.255. The zero-order valence-electron chi connectivity index (χ0n) is 20.7. The maximum atomic E-state index is 13.4. The second kappa shape index (κ2) is 11.1. The first-order valence-corrected chi connectivity index (χ1v) is 13.1. The second-order valence-corrected chi connectivity index (χ2v) is 10.1. The van der Waals surface area contributed by atoms with Gasteiger partial charge in [0.2, 0.25) is 11.2 Å². The lowest BCUT2D eigenvalue weighted by Gasteiger charge is -2.19. The Kier molecular flexibility index (Phi) is 7.54. The Morgan fingerprint density at radius 3 is 2.60 bits per heavy atom. The summed E-state index contributed by atoms with van der Waals surface area (Å²) in [6.07, 6.45) is -5.31. The number of ether oxygens (including phenoxy) is 1. The van der Waals surface area contributed by atoms with Gasteiger partial charge in [-0.25, -0.2) is 9.98 Å². The zero-order valence-corrected chi connectivity index (χ0v) is 21.5. The molecule has 0 saturated heterocycles. The zero-order chi connectivity index (χ0) is 28.4. The molecule has 5 rings (SSSR count). The van der Waals surface area contributed by atoms with Gasteiger partial charge in [-0.05, 0) is 25.3 Å². The molecular weight excluding hydrogens is 547 g/mol. The normalized spacial score (nSPS) is 21.2. The first kappa shape index (κ1) is 27.3. The topological polar surface area (TPSA) is 157 Å². The fourth-order valence-corrected chi connectivity index (χ4v) is 5.30. The lowest BCUT2D eigenvalue weighted by Crippen LogP contribution is -2.30. The number of nitrogens with zero attached hydrogens (tertiary/aromatic N) is 4. The van der Waals surface area contributed by atoms with Crippen LogP contribution >= 0.6 is 11.3 Å². The van der Waals surface area contributed by atoms with Crippen LogP contribution in [0.25, 0.3) is 5.41 Å². The van der Waals surface area contributed by atoms with Crippen molar-refractivity contribution in [1.29, 1.82) is 0 Å². The number of alkyl halides is 3. The Labute approximate surface area is 230 Å². The van der Waals surface area contributed by atoms with Gasteiger partial charge in [-0.3, -0.25) is 4.79 Å². The Balaban J connectivity index is 1.43. The van der Waals surface area contributed by atoms with Gasteiger partial charge >= 0.3 is 6.18 Å². The van der Waals surface area contributed by atoms with Crippen molar-refractivity contribution in [2.24, 2.45) is 15.7 Å². The van der Waals surface area contributed by atoms with Crippen LogP contribution in [0.3, 0.4) is 0 Å². The van der Waals surface area contributed by atoms with E-state index in [1.807, 2.05) is 30.3 Å². The van der Waals surface area contributed by atoms with Crippen LogP contribution in [0.5, 0.6) is 0 Å². The summed E-state index contributed by atoms with van der Waals surface area (Å²) in [6.45, 7) is 0. The third-order valence-corrected chi connectivity index (χ3v) is 7.32. The number of nitrogens with two attached hydrogens (primary N) is 1. The van der Waals surface area contributed by atoms with E-state index in [2.05, 4.69) is 25.6 Å². The molecule has 5 N–H and O–H groups in total. The number of aliphatic hydroxyl groups excluding tert-OH is 1. The van der Waals surface area contributed by atoms with Crippen LogP contribution in [-0.2, 0) is 15.7 Å². The van der Waals surface area contributed by atoms with Gasteiger partial charge in [0.25, 0.3) is 11.9 Å². The molecule has 14 heteroatoms. The Hall–Kier alpha value is -4.30. The molecule has 1 aliphatic carbocycles. The van der Waals surface area contributed by atoms with Crippen molar-refractivity contribution in [3.8, 4) is 0 Å². The number of amidine groups is 1. The van der Waals surface area contributed by atoms with Gasteiger partial charge in [0.15, 0.2) is 0 Å². The number of carbonyl (C=O) groups is 1. The van der Waals surface area contributed by atoms with Crippen LogP contribution < -0.4 is 16.4 Å². The average molecular weight is 571 g/mol. The van der Waals surface area contributed by atoms with Crippen molar-refractivity contribution in [2.75, 3.05) is 10.6 Å². The molecule has 40 heavy (non-hydrogen) atoms. The quantitative estimate of drug-likeness (QED) is 0.269. The number of carbonyl (C=O) groups excluding carboxylic acids is 1. The number of fused-ring (bicyclic) bond motifs is 1. The van der Waals surface area contributed by atoms with Gasteiger partial charge in [-0.2, -0.15) is 18.2 Å². The molecule has 1 aliphatic heterocycles. The minimum absolute atomic E-state index is 0.157. The first-order valence-electron chi connectivity index (χ1n) is 12.2. The third kappa shape index (κ3) is 5.82. The van der Waals surface area contributed by atoms with Gasteiger partial charge in [-0.15, -0.1) is 0 Å². The molecule has 0 bridgehead atoms. The third-order valence-electron chi connectivity index (χ3n) is 6.29. The summed E-state index contributed by atoms with van der Waals surface area (Å²) < 4.78 is 45.4. The maximum absolute atomic E-state index is 13.4. The van der Waals surface area contributed by atoms with Gasteiger partial charge < -0.3 is 31.6 Å². The molecule has 1 amide bonds. The molecule has 1 fully saturated rings. The summed E-state index contributed by atoms with van der Waals surface area (Å²) in [6, 6.07) is 14.8. The highest BCUT2D eigenvalue weighted by Crippen LogP contribution is 2.38. The number of aliphatic imine (C=N–C) groups is 2. The number of para-hydroxylation sites is 1. The van der Waals surface area contributed by atoms with Crippen molar-refractivity contribution in [2.45, 2.75) is 43.8 Å². The number of anilines is 2. The first-order chi connectivity index (χ1) is 19.1. The average Bonchev–Trinajstić information content (AvgIpc) is 3.50. The smallest absolute Gasteiger partial charge is 0.443 e. The number of benzene rings is 2. The molecule has 10 nitrogen and oxygen atoms in total. The highest BCUT2D eigenvalue weighted by Gasteiger charge is 2.37. The molecule has 3 aromatic rings. The SMILES string of the molecule is [N-]=C(O/C(N)=N/[C@H]1N=C(c2ccccc2)c2ccccc2NC1=O)c1nc(C(F)(F)F)sc1N[C@@H]1CCC[C@@H]1O. The molecule has 1 saturated carbocycles. The lowest BCUT2D eigenvalue weighted by atomic mass is 10.0. The van der Waals surface area contributed by atoms with Gasteiger partial charge in [-0.1, -0.05) is 59.9 Å².